The van der Waals surface area contributed by atoms with Gasteiger partial charge in [0.25, 0.3) is 0 Å². The molecule has 0 saturated carbocycles. The summed E-state index contributed by atoms with van der Waals surface area (Å²) in [6.07, 6.45) is 3.11. The Hall–Kier alpha value is -3.66. The first-order chi connectivity index (χ1) is 15.6. The van der Waals surface area contributed by atoms with Gasteiger partial charge in [-0.2, -0.15) is 5.26 Å². The van der Waals surface area contributed by atoms with E-state index in [2.05, 4.69) is 11.1 Å². The second-order valence-electron chi connectivity index (χ2n) is 9.25. The number of ether oxygens (including phenoxy) is 1. The fraction of sp³-hybridized carbons (Fsp3) is 0.385. The van der Waals surface area contributed by atoms with E-state index in [0.29, 0.717) is 36.7 Å². The molecule has 3 rings (SSSR count). The van der Waals surface area contributed by atoms with Gasteiger partial charge in [-0.05, 0) is 86.6 Å². The molecule has 0 unspecified atom stereocenters. The first-order valence-electron chi connectivity index (χ1n) is 11.0. The van der Waals surface area contributed by atoms with Crippen LogP contribution in [0.15, 0.2) is 47.5 Å². The second-order valence-corrected chi connectivity index (χ2v) is 9.25. The highest BCUT2D eigenvalue weighted by Gasteiger charge is 2.26. The Bertz CT molecular complexity index is 1090. The Balaban J connectivity index is 1.65. The van der Waals surface area contributed by atoms with Gasteiger partial charge in [-0.25, -0.2) is 9.59 Å². The predicted molar refractivity (Wildman–Crippen MR) is 127 cm³/mol. The van der Waals surface area contributed by atoms with E-state index in [4.69, 9.17) is 10.00 Å². The molecule has 1 N–H and O–H groups in total. The number of aromatic carboxylic acids is 1. The average Bonchev–Trinajstić information content (AvgIpc) is 2.78. The first-order valence-corrected chi connectivity index (χ1v) is 11.0. The average molecular weight is 448 g/mol. The van der Waals surface area contributed by atoms with Crippen molar-refractivity contribution in [3.63, 3.8) is 0 Å². The van der Waals surface area contributed by atoms with Gasteiger partial charge in [0.05, 0.1) is 17.2 Å². The topological polar surface area (TPSA) is 103 Å². The molecule has 7 nitrogen and oxygen atoms in total. The minimum absolute atomic E-state index is 0.168. The third kappa shape index (κ3) is 6.91. The van der Waals surface area contributed by atoms with E-state index in [0.717, 1.165) is 24.0 Å². The summed E-state index contributed by atoms with van der Waals surface area (Å²) in [5.74, 6) is -0.660. The van der Waals surface area contributed by atoms with E-state index in [9.17, 15) is 14.7 Å². The zero-order chi connectivity index (χ0) is 24.0. The Morgan fingerprint density at radius 3 is 2.55 bits per heavy atom. The number of carbonyl (C=O) groups excluding carboxylic acids is 1. The van der Waals surface area contributed by atoms with Crippen LogP contribution in [0.4, 0.5) is 4.79 Å². The van der Waals surface area contributed by atoms with Crippen LogP contribution in [0.5, 0.6) is 0 Å². The molecule has 1 amide bonds. The number of rotatable bonds is 5. The number of carboxylic acids is 1. The van der Waals surface area contributed by atoms with Crippen molar-refractivity contribution >= 4 is 18.3 Å². The molecule has 0 aliphatic carbocycles. The van der Waals surface area contributed by atoms with Crippen LogP contribution < -0.4 is 0 Å². The largest absolute Gasteiger partial charge is 0.478 e. The van der Waals surface area contributed by atoms with Crippen LogP contribution in [0.1, 0.15) is 55.1 Å². The van der Waals surface area contributed by atoms with E-state index in [1.807, 2.05) is 32.9 Å². The number of piperidine rings is 1. The summed E-state index contributed by atoms with van der Waals surface area (Å²) in [6, 6.07) is 14.2. The number of likely N-dealkylation sites (tertiary alicyclic amines) is 1. The van der Waals surface area contributed by atoms with E-state index in [-0.39, 0.29) is 11.7 Å². The maximum Gasteiger partial charge on any atom is 0.410 e. The Labute approximate surface area is 194 Å². The molecular formula is C26H29N3O4. The monoisotopic (exact) mass is 447 g/mol. The van der Waals surface area contributed by atoms with Gasteiger partial charge in [-0.1, -0.05) is 12.1 Å². The zero-order valence-corrected chi connectivity index (χ0v) is 19.2. The molecule has 7 heteroatoms. The van der Waals surface area contributed by atoms with Crippen LogP contribution in [0.3, 0.4) is 0 Å². The Morgan fingerprint density at radius 1 is 1.18 bits per heavy atom. The first kappa shape index (κ1) is 24.0. The van der Waals surface area contributed by atoms with Crippen LogP contribution in [0.25, 0.3) is 11.1 Å². The van der Waals surface area contributed by atoms with Gasteiger partial charge >= 0.3 is 12.1 Å². The van der Waals surface area contributed by atoms with Crippen molar-refractivity contribution in [2.24, 2.45) is 10.9 Å². The minimum Gasteiger partial charge on any atom is -0.478 e. The molecule has 1 heterocycles. The van der Waals surface area contributed by atoms with E-state index < -0.39 is 11.6 Å². The number of aliphatic imine (C=N–C) groups is 1. The van der Waals surface area contributed by atoms with Crippen molar-refractivity contribution in [1.29, 1.82) is 5.26 Å². The Morgan fingerprint density at radius 2 is 1.91 bits per heavy atom. The summed E-state index contributed by atoms with van der Waals surface area (Å²) < 4.78 is 5.44. The van der Waals surface area contributed by atoms with Gasteiger partial charge in [-0.15, -0.1) is 0 Å². The molecule has 1 saturated heterocycles. The summed E-state index contributed by atoms with van der Waals surface area (Å²) >= 11 is 0. The molecule has 0 spiro atoms. The van der Waals surface area contributed by atoms with Crippen LogP contribution in [-0.2, 0) is 4.74 Å². The summed E-state index contributed by atoms with van der Waals surface area (Å²) in [5, 5.41) is 18.7. The maximum atomic E-state index is 12.2. The lowest BCUT2D eigenvalue weighted by molar-refractivity contribution is 0.0187. The lowest BCUT2D eigenvalue weighted by Crippen LogP contribution is -2.42. The van der Waals surface area contributed by atoms with Gasteiger partial charge in [0.15, 0.2) is 0 Å². The lowest BCUT2D eigenvalue weighted by atomic mass is 9.97. The minimum atomic E-state index is -1.02. The number of nitriles is 1. The van der Waals surface area contributed by atoms with Crippen molar-refractivity contribution in [2.75, 3.05) is 19.6 Å². The maximum absolute atomic E-state index is 12.2. The number of carboxylic acid groups (broad SMARTS) is 1. The van der Waals surface area contributed by atoms with Gasteiger partial charge in [-0.3, -0.25) is 4.99 Å². The molecule has 0 radical (unpaired) electrons. The molecule has 2 aromatic carbocycles. The standard InChI is InChI=1S/C26H29N3O4/c1-26(2,3)33-25(32)29-9-7-18(8-10-29)16-28-17-20-12-22(14-23(13-20)24(30)31)21-6-4-5-19(11-21)15-27/h4-6,11-14,17-18H,7-10,16H2,1-3H3,(H,30,31). The van der Waals surface area contributed by atoms with Gasteiger partial charge in [0, 0.05) is 25.8 Å². The van der Waals surface area contributed by atoms with Crippen LogP contribution in [0.2, 0.25) is 0 Å². The number of benzene rings is 2. The highest BCUT2D eigenvalue weighted by Crippen LogP contribution is 2.24. The molecule has 2 aromatic rings. The molecular weight excluding hydrogens is 418 g/mol. The fourth-order valence-corrected chi connectivity index (χ4v) is 3.72. The van der Waals surface area contributed by atoms with Crippen LogP contribution in [0, 0.1) is 17.2 Å². The highest BCUT2D eigenvalue weighted by molar-refractivity contribution is 5.93. The van der Waals surface area contributed by atoms with Crippen molar-refractivity contribution < 1.29 is 19.4 Å². The molecule has 1 aliphatic heterocycles. The zero-order valence-electron chi connectivity index (χ0n) is 19.2. The second kappa shape index (κ2) is 10.3. The van der Waals surface area contributed by atoms with E-state index >= 15 is 0 Å². The van der Waals surface area contributed by atoms with Gasteiger partial charge in [0.1, 0.15) is 5.60 Å². The number of hydrogen-bond acceptors (Lipinski definition) is 5. The summed E-state index contributed by atoms with van der Waals surface area (Å²) in [5.41, 5.74) is 2.37. The number of nitrogens with zero attached hydrogens (tertiary/aromatic N) is 3. The van der Waals surface area contributed by atoms with Crippen LogP contribution in [-0.4, -0.2) is 53.5 Å². The smallest absolute Gasteiger partial charge is 0.410 e. The van der Waals surface area contributed by atoms with Crippen molar-refractivity contribution in [1.82, 2.24) is 4.90 Å². The quantitative estimate of drug-likeness (QED) is 0.651. The summed E-state index contributed by atoms with van der Waals surface area (Å²) in [6.45, 7) is 7.47. The molecule has 172 valence electrons. The summed E-state index contributed by atoms with van der Waals surface area (Å²) in [7, 11) is 0. The Kier molecular flexibility index (Phi) is 7.49. The molecule has 0 bridgehead atoms. The van der Waals surface area contributed by atoms with Gasteiger partial charge in [0.2, 0.25) is 0 Å². The highest BCUT2D eigenvalue weighted by atomic mass is 16.6. The summed E-state index contributed by atoms with van der Waals surface area (Å²) in [4.78, 5) is 30.1. The molecule has 0 atom stereocenters. The number of carbonyl (C=O) groups is 2. The molecule has 1 aliphatic rings. The van der Waals surface area contributed by atoms with E-state index in [1.165, 1.54) is 0 Å². The lowest BCUT2D eigenvalue weighted by Gasteiger charge is -2.32. The SMILES string of the molecule is CC(C)(C)OC(=O)N1CCC(CN=Cc2cc(C(=O)O)cc(-c3cccc(C#N)c3)c2)CC1. The number of hydrogen-bond donors (Lipinski definition) is 1. The normalized spacial score (nSPS) is 14.8. The number of amides is 1. The third-order valence-electron chi connectivity index (χ3n) is 5.40. The van der Waals surface area contributed by atoms with Crippen molar-refractivity contribution in [2.45, 2.75) is 39.2 Å². The van der Waals surface area contributed by atoms with Crippen molar-refractivity contribution in [3.05, 3.63) is 59.2 Å². The predicted octanol–water partition coefficient (Wildman–Crippen LogP) is 4.99. The van der Waals surface area contributed by atoms with Crippen LogP contribution >= 0.6 is 0 Å². The van der Waals surface area contributed by atoms with Crippen molar-refractivity contribution in [3.8, 4) is 17.2 Å². The molecule has 33 heavy (non-hydrogen) atoms. The molecule has 1 fully saturated rings. The fourth-order valence-electron chi connectivity index (χ4n) is 3.72. The van der Waals surface area contributed by atoms with E-state index in [1.54, 1.807) is 41.4 Å². The van der Waals surface area contributed by atoms with Gasteiger partial charge < -0.3 is 14.7 Å². The third-order valence-corrected chi connectivity index (χ3v) is 5.40. The molecule has 0 aromatic heterocycles.